The van der Waals surface area contributed by atoms with E-state index in [4.69, 9.17) is 0 Å². The lowest BCUT2D eigenvalue weighted by Crippen LogP contribution is -2.24. The number of nitrogens with zero attached hydrogens (tertiary/aromatic N) is 1. The van der Waals surface area contributed by atoms with Crippen molar-refractivity contribution in [1.29, 1.82) is 0 Å². The summed E-state index contributed by atoms with van der Waals surface area (Å²) in [4.78, 5) is 14.3. The minimum atomic E-state index is -4.45. The smallest absolute Gasteiger partial charge is 0.346 e. The fraction of sp³-hybridized carbons (Fsp3) is 0.273. The van der Waals surface area contributed by atoms with Gasteiger partial charge in [-0.25, -0.2) is 0 Å². The van der Waals surface area contributed by atoms with Gasteiger partial charge in [-0.05, 0) is 24.6 Å². The third-order valence-electron chi connectivity index (χ3n) is 2.12. The lowest BCUT2D eigenvalue weighted by Gasteiger charge is -2.13. The summed E-state index contributed by atoms with van der Waals surface area (Å²) in [6.07, 6.45) is -2.27. The van der Waals surface area contributed by atoms with Gasteiger partial charge in [-0.3, -0.25) is 9.78 Å². The van der Waals surface area contributed by atoms with E-state index >= 15 is 0 Å². The van der Waals surface area contributed by atoms with E-state index in [0.717, 1.165) is 18.3 Å². The first-order valence-corrected chi connectivity index (χ1v) is 4.80. The molecule has 0 unspecified atom stereocenters. The summed E-state index contributed by atoms with van der Waals surface area (Å²) in [5.41, 5.74) is -0.461. The molecular weight excluding hydrogens is 233 g/mol. The van der Waals surface area contributed by atoms with Crippen LogP contribution in [-0.2, 0) is 11.0 Å². The Morgan fingerprint density at radius 3 is 2.59 bits per heavy atom. The maximum Gasteiger partial charge on any atom is 0.433 e. The standard InChI is InChI=1S/C11H11F3N2O/c1-3-10(17)16-7(2)8-4-5-9(15-6-8)11(12,13)14/h3-7H,1H2,2H3,(H,16,17)/t7-/m1/s1. The molecule has 1 atom stereocenters. The number of hydrogen-bond donors (Lipinski definition) is 1. The Morgan fingerprint density at radius 1 is 1.53 bits per heavy atom. The Kier molecular flexibility index (Phi) is 3.88. The van der Waals surface area contributed by atoms with Gasteiger partial charge in [-0.2, -0.15) is 13.2 Å². The summed E-state index contributed by atoms with van der Waals surface area (Å²) < 4.78 is 36.7. The second-order valence-electron chi connectivity index (χ2n) is 3.41. The van der Waals surface area contributed by atoms with Gasteiger partial charge in [0.15, 0.2) is 0 Å². The van der Waals surface area contributed by atoms with Gasteiger partial charge >= 0.3 is 6.18 Å². The summed E-state index contributed by atoms with van der Waals surface area (Å²) in [7, 11) is 0. The molecule has 0 bridgehead atoms. The molecule has 1 aromatic heterocycles. The van der Waals surface area contributed by atoms with Gasteiger partial charge < -0.3 is 5.32 Å². The fourth-order valence-corrected chi connectivity index (χ4v) is 1.18. The minimum Gasteiger partial charge on any atom is -0.346 e. The zero-order valence-corrected chi connectivity index (χ0v) is 9.08. The summed E-state index contributed by atoms with van der Waals surface area (Å²) in [5.74, 6) is -0.391. The number of hydrogen-bond acceptors (Lipinski definition) is 2. The molecule has 1 rings (SSSR count). The predicted octanol–water partition coefficient (Wildman–Crippen LogP) is 2.46. The van der Waals surface area contributed by atoms with Crippen molar-refractivity contribution in [3.8, 4) is 0 Å². The Hall–Kier alpha value is -1.85. The van der Waals surface area contributed by atoms with Crippen LogP contribution in [0.3, 0.4) is 0 Å². The van der Waals surface area contributed by atoms with Crippen LogP contribution in [0.25, 0.3) is 0 Å². The SMILES string of the molecule is C=CC(=O)N[C@H](C)c1ccc(C(F)(F)F)nc1. The van der Waals surface area contributed by atoms with Gasteiger partial charge in [0, 0.05) is 6.20 Å². The van der Waals surface area contributed by atoms with E-state index in [1.807, 2.05) is 0 Å². The third-order valence-corrected chi connectivity index (χ3v) is 2.12. The second kappa shape index (κ2) is 4.99. The highest BCUT2D eigenvalue weighted by molar-refractivity contribution is 5.87. The number of aromatic nitrogens is 1. The summed E-state index contributed by atoms with van der Waals surface area (Å²) in [6, 6.07) is 1.74. The quantitative estimate of drug-likeness (QED) is 0.830. The van der Waals surface area contributed by atoms with E-state index in [2.05, 4.69) is 16.9 Å². The number of carbonyl (C=O) groups is 1. The van der Waals surface area contributed by atoms with Crippen molar-refractivity contribution in [2.45, 2.75) is 19.1 Å². The fourth-order valence-electron chi connectivity index (χ4n) is 1.18. The highest BCUT2D eigenvalue weighted by atomic mass is 19.4. The Bertz CT molecular complexity index is 412. The van der Waals surface area contributed by atoms with Crippen LogP contribution in [0.15, 0.2) is 31.0 Å². The number of carbonyl (C=O) groups excluding carboxylic acids is 1. The first kappa shape index (κ1) is 13.2. The van der Waals surface area contributed by atoms with Crippen molar-refractivity contribution in [3.63, 3.8) is 0 Å². The van der Waals surface area contributed by atoms with Crippen molar-refractivity contribution in [3.05, 3.63) is 42.2 Å². The van der Waals surface area contributed by atoms with Crippen LogP contribution in [0.2, 0.25) is 0 Å². The van der Waals surface area contributed by atoms with Crippen molar-refractivity contribution in [2.75, 3.05) is 0 Å². The monoisotopic (exact) mass is 244 g/mol. The van der Waals surface area contributed by atoms with Gasteiger partial charge in [0.05, 0.1) is 6.04 Å². The van der Waals surface area contributed by atoms with E-state index in [1.54, 1.807) is 6.92 Å². The van der Waals surface area contributed by atoms with E-state index in [-0.39, 0.29) is 0 Å². The topological polar surface area (TPSA) is 42.0 Å². The molecule has 1 heterocycles. The third kappa shape index (κ3) is 3.58. The van der Waals surface area contributed by atoms with Gasteiger partial charge in [0.25, 0.3) is 0 Å². The number of alkyl halides is 3. The molecule has 1 N–H and O–H groups in total. The number of rotatable bonds is 3. The van der Waals surface area contributed by atoms with E-state index in [9.17, 15) is 18.0 Å². The van der Waals surface area contributed by atoms with Crippen molar-refractivity contribution in [2.24, 2.45) is 0 Å². The molecule has 0 aromatic carbocycles. The molecule has 0 aliphatic rings. The summed E-state index contributed by atoms with van der Waals surface area (Å²) in [5, 5.41) is 2.53. The lowest BCUT2D eigenvalue weighted by molar-refractivity contribution is -0.141. The molecule has 0 spiro atoms. The maximum absolute atomic E-state index is 12.2. The van der Waals surface area contributed by atoms with Crippen molar-refractivity contribution in [1.82, 2.24) is 10.3 Å². The summed E-state index contributed by atoms with van der Waals surface area (Å²) in [6.45, 7) is 4.92. The molecule has 0 saturated heterocycles. The number of halogens is 3. The number of pyridine rings is 1. The average Bonchev–Trinajstić information content (AvgIpc) is 2.27. The first-order chi connectivity index (χ1) is 7.84. The molecule has 3 nitrogen and oxygen atoms in total. The minimum absolute atomic E-state index is 0.391. The molecule has 0 radical (unpaired) electrons. The maximum atomic E-state index is 12.2. The first-order valence-electron chi connectivity index (χ1n) is 4.80. The number of amides is 1. The van der Waals surface area contributed by atoms with Crippen LogP contribution in [0.1, 0.15) is 24.2 Å². The van der Waals surface area contributed by atoms with Gasteiger partial charge in [0.1, 0.15) is 5.69 Å². The van der Waals surface area contributed by atoms with Gasteiger partial charge in [-0.15, -0.1) is 0 Å². The average molecular weight is 244 g/mol. The van der Waals surface area contributed by atoms with Crippen LogP contribution in [0.5, 0.6) is 0 Å². The van der Waals surface area contributed by atoms with Crippen LogP contribution in [0, 0.1) is 0 Å². The van der Waals surface area contributed by atoms with E-state index < -0.39 is 23.8 Å². The van der Waals surface area contributed by atoms with Crippen LogP contribution in [-0.4, -0.2) is 10.9 Å². The van der Waals surface area contributed by atoms with Crippen molar-refractivity contribution < 1.29 is 18.0 Å². The largest absolute Gasteiger partial charge is 0.433 e. The molecule has 0 aliphatic heterocycles. The van der Waals surface area contributed by atoms with E-state index in [1.165, 1.54) is 6.07 Å². The van der Waals surface area contributed by atoms with Crippen LogP contribution < -0.4 is 5.32 Å². The molecule has 1 amide bonds. The lowest BCUT2D eigenvalue weighted by atomic mass is 10.1. The Balaban J connectivity index is 2.80. The summed E-state index contributed by atoms with van der Waals surface area (Å²) >= 11 is 0. The zero-order chi connectivity index (χ0) is 13.1. The number of nitrogens with one attached hydrogen (secondary N) is 1. The zero-order valence-electron chi connectivity index (χ0n) is 9.08. The molecule has 0 fully saturated rings. The highest BCUT2D eigenvalue weighted by Gasteiger charge is 2.32. The molecule has 17 heavy (non-hydrogen) atoms. The molecule has 92 valence electrons. The second-order valence-corrected chi connectivity index (χ2v) is 3.41. The van der Waals surface area contributed by atoms with Gasteiger partial charge in [-0.1, -0.05) is 12.6 Å². The highest BCUT2D eigenvalue weighted by Crippen LogP contribution is 2.27. The molecule has 6 heteroatoms. The van der Waals surface area contributed by atoms with E-state index in [0.29, 0.717) is 5.56 Å². The normalized spacial score (nSPS) is 12.9. The Labute approximate surface area is 96.4 Å². The molecule has 1 aromatic rings. The predicted molar refractivity (Wildman–Crippen MR) is 56.0 cm³/mol. The van der Waals surface area contributed by atoms with Gasteiger partial charge in [0.2, 0.25) is 5.91 Å². The Morgan fingerprint density at radius 2 is 2.18 bits per heavy atom. The molecule has 0 aliphatic carbocycles. The van der Waals surface area contributed by atoms with Crippen molar-refractivity contribution >= 4 is 5.91 Å². The molecular formula is C11H11F3N2O. The molecule has 0 saturated carbocycles. The van der Waals surface area contributed by atoms with Crippen LogP contribution >= 0.6 is 0 Å². The van der Waals surface area contributed by atoms with Crippen LogP contribution in [0.4, 0.5) is 13.2 Å².